The summed E-state index contributed by atoms with van der Waals surface area (Å²) in [7, 11) is 0. The minimum Gasteiger partial charge on any atom is -0.486 e. The van der Waals surface area contributed by atoms with E-state index < -0.39 is 0 Å². The van der Waals surface area contributed by atoms with Gasteiger partial charge >= 0.3 is 0 Å². The Morgan fingerprint density at radius 2 is 2.00 bits per heavy atom. The van der Waals surface area contributed by atoms with Gasteiger partial charge in [-0.15, -0.1) is 5.10 Å². The van der Waals surface area contributed by atoms with Crippen molar-refractivity contribution in [3.63, 3.8) is 0 Å². The number of carbonyl (C=O) groups excluding carboxylic acids is 1. The van der Waals surface area contributed by atoms with Gasteiger partial charge in [0.25, 0.3) is 0 Å². The Morgan fingerprint density at radius 3 is 2.85 bits per heavy atom. The molecule has 0 spiro atoms. The van der Waals surface area contributed by atoms with Crippen molar-refractivity contribution in [1.29, 1.82) is 0 Å². The number of fused-ring (bicyclic) bond motifs is 1. The number of hydrogen-bond donors (Lipinski definition) is 1. The first-order valence-corrected chi connectivity index (χ1v) is 9.32. The van der Waals surface area contributed by atoms with Crippen molar-refractivity contribution in [3.8, 4) is 17.2 Å². The molecule has 7 nitrogen and oxygen atoms in total. The number of Topliss-reactive ketones (excluding diaryl/α,β-unsaturated/α-hetero) is 1. The van der Waals surface area contributed by atoms with Gasteiger partial charge in [0.1, 0.15) is 12.4 Å². The molecule has 0 radical (unpaired) electrons. The molecule has 1 aliphatic heterocycles. The fourth-order valence-electron chi connectivity index (χ4n) is 2.48. The van der Waals surface area contributed by atoms with E-state index in [0.29, 0.717) is 28.0 Å². The lowest BCUT2D eigenvalue weighted by Gasteiger charge is -2.03. The second-order valence-electron chi connectivity index (χ2n) is 5.95. The van der Waals surface area contributed by atoms with Crippen LogP contribution in [0, 0.1) is 6.92 Å². The van der Waals surface area contributed by atoms with Crippen molar-refractivity contribution in [2.45, 2.75) is 18.7 Å². The van der Waals surface area contributed by atoms with E-state index in [-0.39, 0.29) is 24.9 Å². The highest BCUT2D eigenvalue weighted by Gasteiger charge is 2.17. The van der Waals surface area contributed by atoms with E-state index in [1.165, 1.54) is 17.3 Å². The van der Waals surface area contributed by atoms with Crippen LogP contribution in [0.5, 0.6) is 17.2 Å². The average molecular weight is 383 g/mol. The molecule has 0 fully saturated rings. The van der Waals surface area contributed by atoms with Gasteiger partial charge in [0, 0.05) is 5.56 Å². The Bertz CT molecular complexity index is 956. The highest BCUT2D eigenvalue weighted by molar-refractivity contribution is 7.99. The van der Waals surface area contributed by atoms with E-state index in [4.69, 9.17) is 14.2 Å². The zero-order valence-corrected chi connectivity index (χ0v) is 15.4. The van der Waals surface area contributed by atoms with Crippen LogP contribution in [0.15, 0.2) is 47.6 Å². The number of rotatable bonds is 7. The Hall–Kier alpha value is -3.00. The third-order valence-electron chi connectivity index (χ3n) is 3.93. The van der Waals surface area contributed by atoms with E-state index in [0.717, 1.165) is 5.75 Å². The highest BCUT2D eigenvalue weighted by Crippen LogP contribution is 2.33. The molecule has 0 saturated carbocycles. The number of carbonyl (C=O) groups is 1. The number of ether oxygens (including phenoxy) is 3. The number of hydrogen-bond acceptors (Lipinski definition) is 7. The van der Waals surface area contributed by atoms with Crippen LogP contribution in [0.4, 0.5) is 0 Å². The first-order chi connectivity index (χ1) is 13.2. The molecular formula is C19H17N3O4S. The molecule has 27 heavy (non-hydrogen) atoms. The number of aryl methyl sites for hydroxylation is 1. The lowest BCUT2D eigenvalue weighted by Crippen LogP contribution is -2.02. The van der Waals surface area contributed by atoms with Gasteiger partial charge in [-0.1, -0.05) is 29.5 Å². The summed E-state index contributed by atoms with van der Waals surface area (Å²) in [6, 6.07) is 13.0. The van der Waals surface area contributed by atoms with Gasteiger partial charge in [-0.25, -0.2) is 4.98 Å². The number of aromatic nitrogens is 3. The molecular weight excluding hydrogens is 366 g/mol. The second kappa shape index (κ2) is 7.71. The molecule has 3 aromatic rings. The van der Waals surface area contributed by atoms with E-state index in [2.05, 4.69) is 15.2 Å². The van der Waals surface area contributed by atoms with Gasteiger partial charge in [-0.05, 0) is 37.3 Å². The molecule has 4 rings (SSSR count). The molecule has 1 aliphatic rings. The summed E-state index contributed by atoms with van der Waals surface area (Å²) < 4.78 is 16.2. The first kappa shape index (κ1) is 17.4. The van der Waals surface area contributed by atoms with E-state index in [1.807, 2.05) is 31.2 Å². The number of thioether (sulfide) groups is 1. The Labute approximate surface area is 160 Å². The standard InChI is InChI=1S/C19H17N3O4S/c1-12-2-5-14(6-3-12)24-9-18-20-19(22-21-18)27-10-15(23)13-4-7-16-17(8-13)26-11-25-16/h2-8H,9-11H2,1H3,(H,20,21,22). The number of H-pyrrole nitrogens is 1. The summed E-state index contributed by atoms with van der Waals surface area (Å²) in [5.74, 6) is 2.83. The zero-order chi connectivity index (χ0) is 18.6. The van der Waals surface area contributed by atoms with Crippen molar-refractivity contribution >= 4 is 17.5 Å². The molecule has 0 bridgehead atoms. The molecule has 138 valence electrons. The Balaban J connectivity index is 1.30. The van der Waals surface area contributed by atoms with E-state index in [9.17, 15) is 4.79 Å². The van der Waals surface area contributed by atoms with Crippen LogP contribution in [-0.4, -0.2) is 33.5 Å². The molecule has 0 unspecified atom stereocenters. The number of aromatic amines is 1. The van der Waals surface area contributed by atoms with Crippen LogP contribution >= 0.6 is 11.8 Å². The number of nitrogens with zero attached hydrogens (tertiary/aromatic N) is 2. The van der Waals surface area contributed by atoms with Gasteiger partial charge < -0.3 is 14.2 Å². The number of benzene rings is 2. The normalized spacial score (nSPS) is 12.2. The fraction of sp³-hybridized carbons (Fsp3) is 0.211. The average Bonchev–Trinajstić information content (AvgIpc) is 3.34. The molecule has 1 N–H and O–H groups in total. The monoisotopic (exact) mass is 383 g/mol. The summed E-state index contributed by atoms with van der Waals surface area (Å²) in [5.41, 5.74) is 1.75. The minimum absolute atomic E-state index is 0.0273. The highest BCUT2D eigenvalue weighted by atomic mass is 32.2. The molecule has 0 atom stereocenters. The molecule has 2 aromatic carbocycles. The summed E-state index contributed by atoms with van der Waals surface area (Å²) in [5, 5.41) is 7.45. The lowest BCUT2D eigenvalue weighted by molar-refractivity contribution is 0.102. The van der Waals surface area contributed by atoms with Gasteiger partial charge in [-0.3, -0.25) is 9.89 Å². The van der Waals surface area contributed by atoms with Gasteiger partial charge in [-0.2, -0.15) is 0 Å². The predicted octanol–water partition coefficient (Wildman–Crippen LogP) is 3.40. The van der Waals surface area contributed by atoms with Crippen molar-refractivity contribution in [2.75, 3.05) is 12.5 Å². The fourth-order valence-corrected chi connectivity index (χ4v) is 3.19. The Morgan fingerprint density at radius 1 is 1.19 bits per heavy atom. The van der Waals surface area contributed by atoms with Crippen LogP contribution in [0.1, 0.15) is 21.7 Å². The van der Waals surface area contributed by atoms with Crippen molar-refractivity contribution in [1.82, 2.24) is 15.2 Å². The van der Waals surface area contributed by atoms with Crippen molar-refractivity contribution in [2.24, 2.45) is 0 Å². The minimum atomic E-state index is -0.0273. The van der Waals surface area contributed by atoms with Gasteiger partial charge in [0.2, 0.25) is 11.9 Å². The quantitative estimate of drug-likeness (QED) is 0.494. The summed E-state index contributed by atoms with van der Waals surface area (Å²) in [4.78, 5) is 16.7. The van der Waals surface area contributed by atoms with Gasteiger partial charge in [0.15, 0.2) is 23.1 Å². The van der Waals surface area contributed by atoms with E-state index in [1.54, 1.807) is 18.2 Å². The summed E-state index contributed by atoms with van der Waals surface area (Å²) in [6.07, 6.45) is 0. The van der Waals surface area contributed by atoms with Crippen molar-refractivity contribution in [3.05, 3.63) is 59.4 Å². The van der Waals surface area contributed by atoms with Crippen LogP contribution in [0.3, 0.4) is 0 Å². The van der Waals surface area contributed by atoms with Gasteiger partial charge in [0.05, 0.1) is 5.75 Å². The maximum Gasteiger partial charge on any atom is 0.231 e. The summed E-state index contributed by atoms with van der Waals surface area (Å²) in [6.45, 7) is 2.49. The topological polar surface area (TPSA) is 86.3 Å². The SMILES string of the molecule is Cc1ccc(OCc2nc(SCC(=O)c3ccc4c(c3)OCO4)n[nH]2)cc1. The predicted molar refractivity (Wildman–Crippen MR) is 99.5 cm³/mol. The van der Waals surface area contributed by atoms with Crippen LogP contribution in [0.25, 0.3) is 0 Å². The smallest absolute Gasteiger partial charge is 0.231 e. The molecule has 0 aliphatic carbocycles. The molecule has 0 amide bonds. The summed E-state index contributed by atoms with van der Waals surface area (Å²) >= 11 is 1.27. The second-order valence-corrected chi connectivity index (χ2v) is 6.89. The van der Waals surface area contributed by atoms with Crippen LogP contribution in [0.2, 0.25) is 0 Å². The Kier molecular flexibility index (Phi) is 4.97. The third-order valence-corrected chi connectivity index (χ3v) is 4.78. The largest absolute Gasteiger partial charge is 0.486 e. The van der Waals surface area contributed by atoms with Crippen LogP contribution < -0.4 is 14.2 Å². The number of ketones is 1. The van der Waals surface area contributed by atoms with E-state index >= 15 is 0 Å². The molecule has 2 heterocycles. The first-order valence-electron chi connectivity index (χ1n) is 8.34. The molecule has 8 heteroatoms. The third kappa shape index (κ3) is 4.22. The lowest BCUT2D eigenvalue weighted by atomic mass is 10.1. The zero-order valence-electron chi connectivity index (χ0n) is 14.6. The number of nitrogens with one attached hydrogen (secondary N) is 1. The molecule has 0 saturated heterocycles. The maximum absolute atomic E-state index is 12.4. The van der Waals surface area contributed by atoms with Crippen LogP contribution in [-0.2, 0) is 6.61 Å². The van der Waals surface area contributed by atoms with Crippen molar-refractivity contribution < 1.29 is 19.0 Å². The molecule has 1 aromatic heterocycles. The maximum atomic E-state index is 12.4.